The minimum atomic E-state index is 0.270. The van der Waals surface area contributed by atoms with Gasteiger partial charge in [0.15, 0.2) is 0 Å². The average molecular weight is 499 g/mol. The highest BCUT2D eigenvalue weighted by atomic mass is 14.9. The second kappa shape index (κ2) is 19.5. The number of hydrogen-bond donors (Lipinski definition) is 2. The average Bonchev–Trinajstić information content (AvgIpc) is 2.92. The fourth-order valence-corrected chi connectivity index (χ4v) is 3.89. The Balaban J connectivity index is 0. The van der Waals surface area contributed by atoms with E-state index < -0.39 is 0 Å². The van der Waals surface area contributed by atoms with Gasteiger partial charge >= 0.3 is 0 Å². The molecule has 2 aromatic carbocycles. The quantitative estimate of drug-likeness (QED) is 0.378. The van der Waals surface area contributed by atoms with Crippen LogP contribution in [0, 0.1) is 0 Å². The molecule has 0 unspecified atom stereocenters. The Hall–Kier alpha value is -1.64. The number of fused-ring (bicyclic) bond motifs is 2. The molecule has 208 valence electrons. The van der Waals surface area contributed by atoms with Gasteiger partial charge in [-0.1, -0.05) is 133 Å². The lowest BCUT2D eigenvalue weighted by Crippen LogP contribution is -2.24. The van der Waals surface area contributed by atoms with Crippen LogP contribution in [0.2, 0.25) is 0 Å². The summed E-state index contributed by atoms with van der Waals surface area (Å²) < 4.78 is 0. The highest BCUT2D eigenvalue weighted by molar-refractivity contribution is 5.37. The molecule has 2 nitrogen and oxygen atoms in total. The molecule has 0 aromatic heterocycles. The monoisotopic (exact) mass is 498 g/mol. The Bertz CT molecular complexity index is 737. The van der Waals surface area contributed by atoms with Crippen LogP contribution in [0.4, 0.5) is 0 Å². The molecule has 0 saturated heterocycles. The highest BCUT2D eigenvalue weighted by Crippen LogP contribution is 2.26. The molecule has 2 N–H and O–H groups in total. The first kappa shape index (κ1) is 36.5. The topological polar surface area (TPSA) is 24.1 Å². The Morgan fingerprint density at radius 3 is 1.28 bits per heavy atom. The standard InChI is InChI=1S/2C13H19N.4C2H6/c1-13(2,3)12-5-4-11-9-14-7-6-10(11)8-12;1-13(2,3)12-5-4-10-6-7-14-9-11(10)8-12;4*1-2/h2*4-5,8,14H,6-7,9H2,1-3H3;4*1-2H3. The van der Waals surface area contributed by atoms with Crippen LogP contribution in [0.3, 0.4) is 0 Å². The summed E-state index contributed by atoms with van der Waals surface area (Å²) in [7, 11) is 0. The predicted octanol–water partition coefficient (Wildman–Crippen LogP) is 9.36. The molecule has 2 aliphatic rings. The van der Waals surface area contributed by atoms with Crippen molar-refractivity contribution in [2.75, 3.05) is 13.1 Å². The van der Waals surface area contributed by atoms with Crippen molar-refractivity contribution in [1.82, 2.24) is 10.6 Å². The smallest absolute Gasteiger partial charge is 0.0208 e. The van der Waals surface area contributed by atoms with Gasteiger partial charge in [0.1, 0.15) is 0 Å². The van der Waals surface area contributed by atoms with E-state index in [1.165, 1.54) is 46.2 Å². The summed E-state index contributed by atoms with van der Waals surface area (Å²) in [6.07, 6.45) is 2.36. The minimum Gasteiger partial charge on any atom is -0.312 e. The fraction of sp³-hybridized carbons (Fsp3) is 0.647. The summed E-state index contributed by atoms with van der Waals surface area (Å²) >= 11 is 0. The van der Waals surface area contributed by atoms with Crippen molar-refractivity contribution in [1.29, 1.82) is 0 Å². The van der Waals surface area contributed by atoms with E-state index in [-0.39, 0.29) is 10.8 Å². The zero-order valence-electron chi connectivity index (χ0n) is 26.7. The lowest BCUT2D eigenvalue weighted by Gasteiger charge is -2.23. The first-order chi connectivity index (χ1) is 17.1. The number of benzene rings is 2. The Morgan fingerprint density at radius 1 is 0.472 bits per heavy atom. The van der Waals surface area contributed by atoms with Crippen molar-refractivity contribution >= 4 is 0 Å². The largest absolute Gasteiger partial charge is 0.312 e. The second-order valence-electron chi connectivity index (χ2n) is 10.3. The van der Waals surface area contributed by atoms with Crippen LogP contribution >= 0.6 is 0 Å². The van der Waals surface area contributed by atoms with Gasteiger partial charge in [0.05, 0.1) is 0 Å². The van der Waals surface area contributed by atoms with E-state index in [9.17, 15) is 0 Å². The van der Waals surface area contributed by atoms with Crippen molar-refractivity contribution in [3.63, 3.8) is 0 Å². The summed E-state index contributed by atoms with van der Waals surface area (Å²) in [5.74, 6) is 0. The Morgan fingerprint density at radius 2 is 0.833 bits per heavy atom. The van der Waals surface area contributed by atoms with Crippen LogP contribution in [0.1, 0.15) is 130 Å². The molecule has 0 fully saturated rings. The van der Waals surface area contributed by atoms with E-state index >= 15 is 0 Å². The molecule has 0 amide bonds. The van der Waals surface area contributed by atoms with Gasteiger partial charge in [0.25, 0.3) is 0 Å². The fourth-order valence-electron chi connectivity index (χ4n) is 3.89. The summed E-state index contributed by atoms with van der Waals surface area (Å²) in [4.78, 5) is 0. The first-order valence-corrected chi connectivity index (χ1v) is 14.8. The van der Waals surface area contributed by atoms with Gasteiger partial charge in [-0.2, -0.15) is 0 Å². The van der Waals surface area contributed by atoms with Crippen LogP contribution in [-0.2, 0) is 36.8 Å². The zero-order valence-corrected chi connectivity index (χ0v) is 26.7. The number of rotatable bonds is 0. The van der Waals surface area contributed by atoms with E-state index in [2.05, 4.69) is 88.6 Å². The van der Waals surface area contributed by atoms with E-state index in [4.69, 9.17) is 0 Å². The SMILES string of the molecule is CC.CC.CC.CC.CC(C)(C)c1ccc2c(c1)CCNC2.CC(C)(C)c1ccc2c(c1)CNCC2. The molecule has 0 radical (unpaired) electrons. The van der Waals surface area contributed by atoms with Crippen LogP contribution in [0.5, 0.6) is 0 Å². The van der Waals surface area contributed by atoms with Crippen molar-refractivity contribution in [2.45, 2.75) is 134 Å². The molecule has 0 bridgehead atoms. The van der Waals surface area contributed by atoms with Gasteiger partial charge in [0, 0.05) is 13.1 Å². The third-order valence-corrected chi connectivity index (χ3v) is 5.92. The minimum absolute atomic E-state index is 0.270. The molecule has 0 saturated carbocycles. The summed E-state index contributed by atoms with van der Waals surface area (Å²) in [5.41, 5.74) is 9.48. The maximum atomic E-state index is 3.42. The lowest BCUT2D eigenvalue weighted by molar-refractivity contribution is 0.583. The van der Waals surface area contributed by atoms with Crippen LogP contribution in [0.15, 0.2) is 36.4 Å². The van der Waals surface area contributed by atoms with Gasteiger partial charge in [-0.15, -0.1) is 0 Å². The molecular weight excluding hydrogens is 436 g/mol. The van der Waals surface area contributed by atoms with Crippen molar-refractivity contribution in [2.24, 2.45) is 0 Å². The zero-order chi connectivity index (χ0) is 28.4. The molecule has 2 heteroatoms. The molecule has 4 rings (SSSR count). The summed E-state index contributed by atoms with van der Waals surface area (Å²) in [5, 5.41) is 6.82. The van der Waals surface area contributed by atoms with Gasteiger partial charge < -0.3 is 10.6 Å². The van der Waals surface area contributed by atoms with E-state index in [1.54, 1.807) is 0 Å². The number of hydrogen-bond acceptors (Lipinski definition) is 2. The van der Waals surface area contributed by atoms with Gasteiger partial charge in [-0.25, -0.2) is 0 Å². The van der Waals surface area contributed by atoms with E-state index in [1.807, 2.05) is 55.4 Å². The molecular formula is C34H62N2. The normalized spacial score (nSPS) is 13.5. The van der Waals surface area contributed by atoms with Crippen LogP contribution < -0.4 is 10.6 Å². The summed E-state index contributed by atoms with van der Waals surface area (Å²) in [6.45, 7) is 34.0. The molecule has 0 spiro atoms. The van der Waals surface area contributed by atoms with Gasteiger partial charge in [0.2, 0.25) is 0 Å². The predicted molar refractivity (Wildman–Crippen MR) is 166 cm³/mol. The molecule has 2 aromatic rings. The lowest BCUT2D eigenvalue weighted by atomic mass is 9.84. The Kier molecular flexibility index (Phi) is 19.7. The van der Waals surface area contributed by atoms with Crippen molar-refractivity contribution < 1.29 is 0 Å². The van der Waals surface area contributed by atoms with Gasteiger partial charge in [-0.05, 0) is 70.1 Å². The summed E-state index contributed by atoms with van der Waals surface area (Å²) in [6, 6.07) is 13.9. The molecule has 2 heterocycles. The van der Waals surface area contributed by atoms with Crippen molar-refractivity contribution in [3.05, 3.63) is 69.8 Å². The van der Waals surface area contributed by atoms with Crippen molar-refractivity contribution in [3.8, 4) is 0 Å². The molecule has 36 heavy (non-hydrogen) atoms. The van der Waals surface area contributed by atoms with E-state index in [0.29, 0.717) is 0 Å². The highest BCUT2D eigenvalue weighted by Gasteiger charge is 2.17. The Labute approximate surface area is 227 Å². The van der Waals surface area contributed by atoms with E-state index in [0.717, 1.165) is 26.2 Å². The third kappa shape index (κ3) is 12.5. The van der Waals surface area contributed by atoms with Crippen LogP contribution in [0.25, 0.3) is 0 Å². The maximum Gasteiger partial charge on any atom is 0.0208 e. The molecule has 2 aliphatic heterocycles. The third-order valence-electron chi connectivity index (χ3n) is 5.92. The second-order valence-corrected chi connectivity index (χ2v) is 10.3. The number of nitrogens with one attached hydrogen (secondary N) is 2. The van der Waals surface area contributed by atoms with Crippen LogP contribution in [-0.4, -0.2) is 13.1 Å². The van der Waals surface area contributed by atoms with Gasteiger partial charge in [-0.3, -0.25) is 0 Å². The first-order valence-electron chi connectivity index (χ1n) is 14.8. The molecule has 0 atom stereocenters. The molecule has 0 aliphatic carbocycles. The maximum absolute atomic E-state index is 3.42.